The van der Waals surface area contributed by atoms with E-state index in [0.717, 1.165) is 0 Å². The molecular formula is C13H13NO3S. The molecule has 0 aliphatic carbocycles. The molecule has 4 nitrogen and oxygen atoms in total. The quantitative estimate of drug-likeness (QED) is 0.847. The zero-order valence-electron chi connectivity index (χ0n) is 9.91. The number of pyridine rings is 1. The molecule has 2 rings (SSSR count). The van der Waals surface area contributed by atoms with Crippen molar-refractivity contribution in [2.75, 3.05) is 7.11 Å². The lowest BCUT2D eigenvalue weighted by atomic mass is 10.2. The van der Waals surface area contributed by atoms with Gasteiger partial charge in [0, 0.05) is 6.20 Å². The Morgan fingerprint density at radius 1 is 1.17 bits per heavy atom. The number of benzene rings is 1. The average Bonchev–Trinajstić information content (AvgIpc) is 2.39. The first-order chi connectivity index (χ1) is 8.62. The van der Waals surface area contributed by atoms with E-state index in [1.807, 2.05) is 0 Å². The third-order valence-corrected chi connectivity index (χ3v) is 4.04. The minimum Gasteiger partial charge on any atom is -0.497 e. The van der Waals surface area contributed by atoms with Crippen LogP contribution in [0.1, 0.15) is 5.56 Å². The van der Waals surface area contributed by atoms with Crippen molar-refractivity contribution in [3.8, 4) is 5.75 Å². The highest BCUT2D eigenvalue weighted by Crippen LogP contribution is 2.18. The van der Waals surface area contributed by atoms with Gasteiger partial charge in [0.15, 0.2) is 14.9 Å². The first-order valence-electron chi connectivity index (χ1n) is 5.38. The van der Waals surface area contributed by atoms with Crippen LogP contribution < -0.4 is 4.74 Å². The highest BCUT2D eigenvalue weighted by molar-refractivity contribution is 7.90. The van der Waals surface area contributed by atoms with Crippen LogP contribution >= 0.6 is 0 Å². The Kier molecular flexibility index (Phi) is 3.62. The van der Waals surface area contributed by atoms with Gasteiger partial charge in [-0.2, -0.15) is 0 Å². The van der Waals surface area contributed by atoms with Crippen LogP contribution in [0.15, 0.2) is 53.7 Å². The Hall–Kier alpha value is -1.88. The minimum atomic E-state index is -3.40. The Morgan fingerprint density at radius 3 is 2.67 bits per heavy atom. The molecule has 0 saturated carbocycles. The van der Waals surface area contributed by atoms with Crippen LogP contribution in [0.4, 0.5) is 0 Å². The van der Waals surface area contributed by atoms with Gasteiger partial charge < -0.3 is 4.74 Å². The van der Waals surface area contributed by atoms with Crippen LogP contribution in [0, 0.1) is 0 Å². The molecule has 0 amide bonds. The van der Waals surface area contributed by atoms with E-state index in [0.29, 0.717) is 11.3 Å². The lowest BCUT2D eigenvalue weighted by molar-refractivity contribution is 0.414. The lowest BCUT2D eigenvalue weighted by Gasteiger charge is -2.05. The number of hydrogen-bond donors (Lipinski definition) is 0. The average molecular weight is 263 g/mol. The molecule has 0 radical (unpaired) electrons. The molecule has 1 aromatic carbocycles. The SMILES string of the molecule is COc1cccc(CS(=O)(=O)c2ccccn2)c1. The summed E-state index contributed by atoms with van der Waals surface area (Å²) in [4.78, 5) is 3.87. The second-order valence-corrected chi connectivity index (χ2v) is 5.72. The molecule has 0 fully saturated rings. The van der Waals surface area contributed by atoms with E-state index in [1.165, 1.54) is 12.3 Å². The third-order valence-electron chi connectivity index (χ3n) is 2.45. The molecule has 5 heteroatoms. The zero-order chi connectivity index (χ0) is 13.0. The van der Waals surface area contributed by atoms with Crippen molar-refractivity contribution in [1.29, 1.82) is 0 Å². The van der Waals surface area contributed by atoms with Crippen LogP contribution in [-0.2, 0) is 15.6 Å². The summed E-state index contributed by atoms with van der Waals surface area (Å²) in [6, 6.07) is 11.8. The number of nitrogens with zero attached hydrogens (tertiary/aromatic N) is 1. The summed E-state index contributed by atoms with van der Waals surface area (Å²) in [5.41, 5.74) is 0.681. The highest BCUT2D eigenvalue weighted by atomic mass is 32.2. The van der Waals surface area contributed by atoms with Gasteiger partial charge in [-0.15, -0.1) is 0 Å². The van der Waals surface area contributed by atoms with E-state index in [1.54, 1.807) is 43.5 Å². The maximum Gasteiger partial charge on any atom is 0.199 e. The van der Waals surface area contributed by atoms with Crippen LogP contribution in [0.5, 0.6) is 5.75 Å². The second-order valence-electron chi connectivity index (χ2n) is 3.78. The normalized spacial score (nSPS) is 11.2. The fraction of sp³-hybridized carbons (Fsp3) is 0.154. The molecule has 1 aromatic heterocycles. The molecule has 0 bridgehead atoms. The summed E-state index contributed by atoms with van der Waals surface area (Å²) in [6.07, 6.45) is 1.47. The Labute approximate surface area is 106 Å². The first kappa shape index (κ1) is 12.6. The summed E-state index contributed by atoms with van der Waals surface area (Å²) >= 11 is 0. The maximum absolute atomic E-state index is 12.1. The van der Waals surface area contributed by atoms with Crippen molar-refractivity contribution in [1.82, 2.24) is 4.98 Å². The van der Waals surface area contributed by atoms with Crippen LogP contribution in [0.3, 0.4) is 0 Å². The first-order valence-corrected chi connectivity index (χ1v) is 7.04. The van der Waals surface area contributed by atoms with Crippen LogP contribution in [0.25, 0.3) is 0 Å². The predicted octanol–water partition coefficient (Wildman–Crippen LogP) is 2.06. The molecule has 0 spiro atoms. The number of sulfone groups is 1. The standard InChI is InChI=1S/C13H13NO3S/c1-17-12-6-4-5-11(9-12)10-18(15,16)13-7-2-3-8-14-13/h2-9H,10H2,1H3. The van der Waals surface area contributed by atoms with Gasteiger partial charge in [0.25, 0.3) is 0 Å². The summed E-state index contributed by atoms with van der Waals surface area (Å²) in [5.74, 6) is 0.560. The highest BCUT2D eigenvalue weighted by Gasteiger charge is 2.16. The van der Waals surface area contributed by atoms with E-state index in [-0.39, 0.29) is 10.8 Å². The van der Waals surface area contributed by atoms with Gasteiger partial charge in [0.2, 0.25) is 0 Å². The van der Waals surface area contributed by atoms with Gasteiger partial charge >= 0.3 is 0 Å². The van der Waals surface area contributed by atoms with E-state index in [9.17, 15) is 8.42 Å². The monoisotopic (exact) mass is 263 g/mol. The summed E-state index contributed by atoms with van der Waals surface area (Å²) in [5, 5.41) is 0.0906. The largest absolute Gasteiger partial charge is 0.497 e. The second kappa shape index (κ2) is 5.18. The number of hydrogen-bond acceptors (Lipinski definition) is 4. The molecule has 0 N–H and O–H groups in total. The fourth-order valence-corrected chi connectivity index (χ4v) is 2.86. The maximum atomic E-state index is 12.1. The van der Waals surface area contributed by atoms with E-state index in [4.69, 9.17) is 4.74 Å². The van der Waals surface area contributed by atoms with Crippen molar-refractivity contribution in [2.24, 2.45) is 0 Å². The van der Waals surface area contributed by atoms with Crippen molar-refractivity contribution in [3.05, 3.63) is 54.2 Å². The van der Waals surface area contributed by atoms with Gasteiger partial charge in [-0.05, 0) is 29.8 Å². The molecule has 18 heavy (non-hydrogen) atoms. The van der Waals surface area contributed by atoms with E-state index < -0.39 is 9.84 Å². The molecule has 2 aromatic rings. The molecule has 0 saturated heterocycles. The summed E-state index contributed by atoms with van der Waals surface area (Å²) in [7, 11) is -1.86. The van der Waals surface area contributed by atoms with Gasteiger partial charge in [0.05, 0.1) is 12.9 Å². The van der Waals surface area contributed by atoms with Crippen molar-refractivity contribution in [3.63, 3.8) is 0 Å². The summed E-state index contributed by atoms with van der Waals surface area (Å²) in [6.45, 7) is 0. The Balaban J connectivity index is 2.28. The molecule has 0 atom stereocenters. The molecular weight excluding hydrogens is 250 g/mol. The van der Waals surface area contributed by atoms with E-state index in [2.05, 4.69) is 4.98 Å². The minimum absolute atomic E-state index is 0.0821. The van der Waals surface area contributed by atoms with Crippen molar-refractivity contribution in [2.45, 2.75) is 10.8 Å². The molecule has 0 aliphatic rings. The van der Waals surface area contributed by atoms with Gasteiger partial charge in [0.1, 0.15) is 5.75 Å². The number of methoxy groups -OCH3 is 1. The topological polar surface area (TPSA) is 56.3 Å². The Morgan fingerprint density at radius 2 is 2.00 bits per heavy atom. The van der Waals surface area contributed by atoms with Gasteiger partial charge in [-0.3, -0.25) is 0 Å². The van der Waals surface area contributed by atoms with Crippen molar-refractivity contribution >= 4 is 9.84 Å². The molecule has 0 unspecified atom stereocenters. The number of rotatable bonds is 4. The molecule has 94 valence electrons. The van der Waals surface area contributed by atoms with E-state index >= 15 is 0 Å². The van der Waals surface area contributed by atoms with Gasteiger partial charge in [-0.1, -0.05) is 18.2 Å². The molecule has 0 aliphatic heterocycles. The van der Waals surface area contributed by atoms with Gasteiger partial charge in [-0.25, -0.2) is 13.4 Å². The smallest absolute Gasteiger partial charge is 0.199 e. The third kappa shape index (κ3) is 2.87. The van der Waals surface area contributed by atoms with Crippen molar-refractivity contribution < 1.29 is 13.2 Å². The Bertz CT molecular complexity index is 624. The fourth-order valence-electron chi connectivity index (χ4n) is 1.59. The van der Waals surface area contributed by atoms with Crippen LogP contribution in [0.2, 0.25) is 0 Å². The lowest BCUT2D eigenvalue weighted by Crippen LogP contribution is -2.06. The number of aromatic nitrogens is 1. The predicted molar refractivity (Wildman–Crippen MR) is 68.1 cm³/mol. The number of ether oxygens (including phenoxy) is 1. The molecule has 1 heterocycles. The van der Waals surface area contributed by atoms with Crippen LogP contribution in [-0.4, -0.2) is 20.5 Å². The summed E-state index contributed by atoms with van der Waals surface area (Å²) < 4.78 is 29.3. The zero-order valence-corrected chi connectivity index (χ0v) is 10.7.